The van der Waals surface area contributed by atoms with Crippen molar-refractivity contribution < 1.29 is 24.2 Å². The number of phenols is 1. The molecule has 290 valence electrons. The molecule has 4 heterocycles. The quantitative estimate of drug-likeness (QED) is 0.152. The molecule has 0 spiro atoms. The Kier molecular flexibility index (Phi) is 10.1. The lowest BCUT2D eigenvalue weighted by Crippen LogP contribution is -2.49. The number of anilines is 1. The van der Waals surface area contributed by atoms with Crippen LogP contribution in [-0.2, 0) is 17.8 Å². The van der Waals surface area contributed by atoms with Gasteiger partial charge in [0.05, 0.1) is 11.9 Å². The van der Waals surface area contributed by atoms with Gasteiger partial charge < -0.3 is 29.7 Å². The van der Waals surface area contributed by atoms with Crippen LogP contribution in [0.3, 0.4) is 0 Å². The first-order valence-corrected chi connectivity index (χ1v) is 20.0. The summed E-state index contributed by atoms with van der Waals surface area (Å²) in [6.07, 6.45) is 5.12. The second-order valence-electron chi connectivity index (χ2n) is 15.5. The van der Waals surface area contributed by atoms with Crippen molar-refractivity contribution in [2.45, 2.75) is 50.1 Å². The molecule has 0 saturated carbocycles. The summed E-state index contributed by atoms with van der Waals surface area (Å²) in [4.78, 5) is 36.7. The second kappa shape index (κ2) is 15.8. The molecule has 3 aliphatic heterocycles. The number of rotatable bonds is 10. The Labute approximate surface area is 333 Å². The Morgan fingerprint density at radius 2 is 1.61 bits per heavy atom. The van der Waals surface area contributed by atoms with E-state index in [4.69, 9.17) is 9.47 Å². The topological polar surface area (TPSA) is 107 Å². The van der Waals surface area contributed by atoms with Crippen LogP contribution in [-0.4, -0.2) is 77.1 Å². The van der Waals surface area contributed by atoms with Crippen LogP contribution in [0.2, 0.25) is 0 Å². The van der Waals surface area contributed by atoms with E-state index in [1.165, 1.54) is 22.3 Å². The molecule has 1 aromatic heterocycles. The Bertz CT molecular complexity index is 2270. The standard InChI is InChI=1S/C47H47N5O5/c1-31-7-19-43(46(54)49-31)52-30-35-28-39(15-18-42(35)47(52)55)56-26-25-50-21-23-51(24-22-50)36-11-20-44(48-29-36)57-38-13-8-33(9-14-38)45-40(32-5-3-2-4-6-32)16-10-34-27-37(53)12-17-41(34)45/h2-6,8-9,11-15,17-18,20,27-29,40,43,45,53H,1,7,10,16,19,21-26,30H2,(H,49,54)/t40-,43+,45+/m1/s1. The van der Waals surface area contributed by atoms with Crippen molar-refractivity contribution in [3.05, 3.63) is 155 Å². The van der Waals surface area contributed by atoms with E-state index in [0.717, 1.165) is 68.3 Å². The summed E-state index contributed by atoms with van der Waals surface area (Å²) in [7, 11) is 0. The van der Waals surface area contributed by atoms with E-state index in [1.54, 1.807) is 11.0 Å². The highest BCUT2D eigenvalue weighted by Gasteiger charge is 2.38. The third kappa shape index (κ3) is 7.69. The molecule has 2 saturated heterocycles. The van der Waals surface area contributed by atoms with Crippen molar-refractivity contribution in [3.63, 3.8) is 0 Å². The minimum atomic E-state index is -0.469. The van der Waals surface area contributed by atoms with Gasteiger partial charge in [0.15, 0.2) is 0 Å². The molecule has 2 N–H and O–H groups in total. The van der Waals surface area contributed by atoms with Crippen LogP contribution in [0.4, 0.5) is 5.69 Å². The van der Waals surface area contributed by atoms with Gasteiger partial charge in [0.1, 0.15) is 29.9 Å². The predicted molar refractivity (Wildman–Crippen MR) is 219 cm³/mol. The third-order valence-electron chi connectivity index (χ3n) is 12.0. The maximum atomic E-state index is 13.1. The molecular formula is C47H47N5O5. The summed E-state index contributed by atoms with van der Waals surface area (Å²) < 4.78 is 12.3. The van der Waals surface area contributed by atoms with Crippen LogP contribution in [0.15, 0.2) is 122 Å². The molecular weight excluding hydrogens is 715 g/mol. The van der Waals surface area contributed by atoms with E-state index in [1.807, 2.05) is 48.7 Å². The van der Waals surface area contributed by atoms with Crippen LogP contribution in [0.25, 0.3) is 0 Å². The van der Waals surface area contributed by atoms with E-state index in [2.05, 4.69) is 81.3 Å². The average Bonchev–Trinajstić information content (AvgIpc) is 3.56. The molecule has 0 bridgehead atoms. The number of amides is 2. The predicted octanol–water partition coefficient (Wildman–Crippen LogP) is 7.39. The first kappa shape index (κ1) is 36.5. The Morgan fingerprint density at radius 3 is 2.39 bits per heavy atom. The number of aromatic hydroxyl groups is 1. The first-order chi connectivity index (χ1) is 27.9. The minimum absolute atomic E-state index is 0.104. The summed E-state index contributed by atoms with van der Waals surface area (Å²) in [6.45, 7) is 9.20. The highest BCUT2D eigenvalue weighted by atomic mass is 16.5. The molecule has 1 aliphatic carbocycles. The van der Waals surface area contributed by atoms with Gasteiger partial charge in [-0.05, 0) is 108 Å². The van der Waals surface area contributed by atoms with Gasteiger partial charge in [-0.25, -0.2) is 4.98 Å². The molecule has 2 amide bonds. The number of carbonyl (C=O) groups is 2. The smallest absolute Gasteiger partial charge is 0.255 e. The van der Waals surface area contributed by atoms with Crippen molar-refractivity contribution in [2.75, 3.05) is 44.2 Å². The number of carbonyl (C=O) groups excluding carboxylic acids is 2. The van der Waals surface area contributed by atoms with Crippen LogP contribution in [0.1, 0.15) is 69.3 Å². The SMILES string of the molecule is C=C1CC[C@H](N2Cc3cc(OCCN4CCN(c5ccc(Oc6ccc([C@@H]7c8ccc(O)cc8CC[C@@H]7c7ccccc7)cc6)nc5)CC4)ccc3C2=O)C(=O)N1. The van der Waals surface area contributed by atoms with Gasteiger partial charge >= 0.3 is 0 Å². The van der Waals surface area contributed by atoms with Crippen molar-refractivity contribution in [1.82, 2.24) is 20.1 Å². The molecule has 4 aliphatic rings. The van der Waals surface area contributed by atoms with Gasteiger partial charge in [0.25, 0.3) is 5.91 Å². The first-order valence-electron chi connectivity index (χ1n) is 20.0. The number of nitrogens with one attached hydrogen (secondary N) is 1. The summed E-state index contributed by atoms with van der Waals surface area (Å²) in [5, 5.41) is 13.0. The number of piperazine rings is 1. The largest absolute Gasteiger partial charge is 0.508 e. The number of hydrogen-bond donors (Lipinski definition) is 2. The lowest BCUT2D eigenvalue weighted by molar-refractivity contribution is -0.126. The van der Waals surface area contributed by atoms with Gasteiger partial charge in [0.2, 0.25) is 11.8 Å². The molecule has 2 fully saturated rings. The molecule has 10 nitrogen and oxygen atoms in total. The molecule has 0 radical (unpaired) electrons. The van der Waals surface area contributed by atoms with Crippen molar-refractivity contribution in [2.24, 2.45) is 0 Å². The molecule has 57 heavy (non-hydrogen) atoms. The highest BCUT2D eigenvalue weighted by Crippen LogP contribution is 2.47. The minimum Gasteiger partial charge on any atom is -0.508 e. The fourth-order valence-electron chi connectivity index (χ4n) is 9.00. The third-order valence-corrected chi connectivity index (χ3v) is 12.0. The lowest BCUT2D eigenvalue weighted by Gasteiger charge is -2.35. The monoisotopic (exact) mass is 761 g/mol. The normalized spacial score (nSPS) is 20.8. The zero-order chi connectivity index (χ0) is 38.9. The van der Waals surface area contributed by atoms with Gasteiger partial charge in [0, 0.05) is 62.5 Å². The van der Waals surface area contributed by atoms with Crippen LogP contribution < -0.4 is 19.7 Å². The number of nitrogens with zero attached hydrogens (tertiary/aromatic N) is 4. The van der Waals surface area contributed by atoms with Crippen LogP contribution in [0, 0.1) is 0 Å². The number of aryl methyl sites for hydroxylation is 1. The number of allylic oxidation sites excluding steroid dienone is 1. The molecule has 0 unspecified atom stereocenters. The Morgan fingerprint density at radius 1 is 0.807 bits per heavy atom. The van der Waals surface area contributed by atoms with E-state index in [-0.39, 0.29) is 17.7 Å². The maximum absolute atomic E-state index is 13.1. The van der Waals surface area contributed by atoms with Gasteiger partial charge in [-0.15, -0.1) is 0 Å². The average molecular weight is 762 g/mol. The number of benzene rings is 4. The van der Waals surface area contributed by atoms with Crippen molar-refractivity contribution in [1.29, 1.82) is 0 Å². The molecule has 10 heteroatoms. The number of phenolic OH excluding ortho intramolecular Hbond substituents is 1. The zero-order valence-corrected chi connectivity index (χ0v) is 32.0. The summed E-state index contributed by atoms with van der Waals surface area (Å²) in [5.74, 6) is 2.61. The summed E-state index contributed by atoms with van der Waals surface area (Å²) in [6, 6.07) is 34.1. The number of fused-ring (bicyclic) bond motifs is 2. The van der Waals surface area contributed by atoms with Crippen molar-refractivity contribution in [3.8, 4) is 23.1 Å². The second-order valence-corrected chi connectivity index (χ2v) is 15.5. The number of ether oxygens (including phenoxy) is 2. The van der Waals surface area contributed by atoms with E-state index in [0.29, 0.717) is 54.8 Å². The fourth-order valence-corrected chi connectivity index (χ4v) is 9.00. The van der Waals surface area contributed by atoms with Gasteiger partial charge in [-0.3, -0.25) is 14.5 Å². The van der Waals surface area contributed by atoms with Crippen molar-refractivity contribution >= 4 is 17.5 Å². The van der Waals surface area contributed by atoms with E-state index in [9.17, 15) is 14.7 Å². The fraction of sp³-hybridized carbons (Fsp3) is 0.298. The number of pyridine rings is 1. The number of hydrogen-bond acceptors (Lipinski definition) is 8. The highest BCUT2D eigenvalue weighted by molar-refractivity contribution is 6.01. The molecule has 9 rings (SSSR count). The maximum Gasteiger partial charge on any atom is 0.255 e. The van der Waals surface area contributed by atoms with Crippen LogP contribution in [0.5, 0.6) is 23.1 Å². The Balaban J connectivity index is 0.757. The Hall–Kier alpha value is -6.13. The van der Waals surface area contributed by atoms with Gasteiger partial charge in [-0.1, -0.05) is 55.1 Å². The summed E-state index contributed by atoms with van der Waals surface area (Å²) in [5.41, 5.74) is 8.36. The van der Waals surface area contributed by atoms with E-state index >= 15 is 0 Å². The van der Waals surface area contributed by atoms with Crippen LogP contribution >= 0.6 is 0 Å². The number of aromatic nitrogens is 1. The lowest BCUT2D eigenvalue weighted by atomic mass is 9.69. The van der Waals surface area contributed by atoms with E-state index < -0.39 is 6.04 Å². The molecule has 5 aromatic rings. The molecule has 4 aromatic carbocycles. The number of piperidine rings is 1. The zero-order valence-electron chi connectivity index (χ0n) is 32.0. The molecule has 3 atom stereocenters. The van der Waals surface area contributed by atoms with Gasteiger partial charge in [-0.2, -0.15) is 0 Å². The summed E-state index contributed by atoms with van der Waals surface area (Å²) >= 11 is 0.